The molecular formula is C24H27N5O2S. The molecular weight excluding hydrogens is 422 g/mol. The number of carbonyl (C=O) groups excluding carboxylic acids is 1. The third-order valence-electron chi connectivity index (χ3n) is 5.38. The number of carbonyl (C=O) groups is 1. The second-order valence-electron chi connectivity index (χ2n) is 7.88. The van der Waals surface area contributed by atoms with Gasteiger partial charge in [0, 0.05) is 44.2 Å². The summed E-state index contributed by atoms with van der Waals surface area (Å²) in [4.78, 5) is 26.4. The van der Waals surface area contributed by atoms with E-state index in [1.807, 2.05) is 73.6 Å². The Kier molecular flexibility index (Phi) is 6.92. The van der Waals surface area contributed by atoms with Crippen LogP contribution >= 0.6 is 11.5 Å². The van der Waals surface area contributed by atoms with Crippen LogP contribution in [0.25, 0.3) is 0 Å². The summed E-state index contributed by atoms with van der Waals surface area (Å²) in [5.41, 5.74) is 2.38. The lowest BCUT2D eigenvalue weighted by atomic mass is 9.96. The Morgan fingerprint density at radius 2 is 1.81 bits per heavy atom. The van der Waals surface area contributed by atoms with Crippen molar-refractivity contribution in [3.05, 3.63) is 76.3 Å². The molecule has 1 aliphatic heterocycles. The molecule has 7 nitrogen and oxygen atoms in total. The zero-order chi connectivity index (χ0) is 22.5. The molecule has 0 bridgehead atoms. The fraction of sp³-hybridized carbons (Fsp3) is 0.333. The first-order chi connectivity index (χ1) is 15.5. The minimum Gasteiger partial charge on any atom is -0.378 e. The van der Waals surface area contributed by atoms with Crippen molar-refractivity contribution in [2.45, 2.75) is 12.8 Å². The van der Waals surface area contributed by atoms with Gasteiger partial charge in [-0.15, -0.1) is 0 Å². The molecule has 1 saturated heterocycles. The van der Waals surface area contributed by atoms with Crippen LogP contribution < -0.4 is 0 Å². The van der Waals surface area contributed by atoms with Crippen molar-refractivity contribution in [3.63, 3.8) is 0 Å². The number of benzene rings is 2. The summed E-state index contributed by atoms with van der Waals surface area (Å²) >= 11 is 1.35. The summed E-state index contributed by atoms with van der Waals surface area (Å²) in [5, 5.41) is 0.869. The van der Waals surface area contributed by atoms with Gasteiger partial charge in [0.25, 0.3) is 5.95 Å². The molecule has 3 aromatic rings. The molecule has 166 valence electrons. The number of nitrogens with zero attached hydrogens (tertiary/aromatic N) is 5. The van der Waals surface area contributed by atoms with Crippen LogP contribution in [-0.4, -0.2) is 71.3 Å². The van der Waals surface area contributed by atoms with Crippen LogP contribution in [0.15, 0.2) is 59.6 Å². The maximum Gasteiger partial charge on any atom is 0.264 e. The van der Waals surface area contributed by atoms with Crippen molar-refractivity contribution >= 4 is 29.2 Å². The van der Waals surface area contributed by atoms with Gasteiger partial charge in [0.2, 0.25) is 5.96 Å². The van der Waals surface area contributed by atoms with Crippen molar-refractivity contribution in [3.8, 4) is 0 Å². The molecule has 1 unspecified atom stereocenters. The monoisotopic (exact) mass is 449 g/mol. The number of guanidine groups is 1. The Hall–Kier alpha value is -3.10. The van der Waals surface area contributed by atoms with Gasteiger partial charge in [0.1, 0.15) is 5.01 Å². The van der Waals surface area contributed by atoms with Crippen LogP contribution in [0, 0.1) is 0 Å². The highest BCUT2D eigenvalue weighted by molar-refractivity contribution is 7.05. The maximum atomic E-state index is 12.8. The summed E-state index contributed by atoms with van der Waals surface area (Å²) in [6.07, 6.45) is 0. The van der Waals surface area contributed by atoms with Crippen molar-refractivity contribution in [2.75, 3.05) is 40.4 Å². The largest absolute Gasteiger partial charge is 0.378 e. The third kappa shape index (κ3) is 5.03. The first-order valence-corrected chi connectivity index (χ1v) is 11.4. The van der Waals surface area contributed by atoms with E-state index in [4.69, 9.17) is 9.73 Å². The van der Waals surface area contributed by atoms with E-state index in [-0.39, 0.29) is 11.7 Å². The number of ether oxygens (including phenoxy) is 1. The number of aliphatic imine (C=N–C) groups is 1. The molecule has 8 heteroatoms. The van der Waals surface area contributed by atoms with Gasteiger partial charge in [-0.25, -0.2) is 4.98 Å². The second kappa shape index (κ2) is 10.0. The van der Waals surface area contributed by atoms with Crippen molar-refractivity contribution in [1.29, 1.82) is 0 Å². The minimum absolute atomic E-state index is 0.00571. The second-order valence-corrected chi connectivity index (χ2v) is 8.66. The molecule has 0 spiro atoms. The smallest absolute Gasteiger partial charge is 0.264 e. The van der Waals surface area contributed by atoms with Gasteiger partial charge in [0.15, 0.2) is 5.78 Å². The van der Waals surface area contributed by atoms with Crippen LogP contribution in [0.3, 0.4) is 0 Å². The molecule has 1 aromatic heterocycles. The van der Waals surface area contributed by atoms with E-state index in [0.29, 0.717) is 30.3 Å². The van der Waals surface area contributed by atoms with E-state index < -0.39 is 0 Å². The van der Waals surface area contributed by atoms with Crippen LogP contribution in [0.5, 0.6) is 0 Å². The highest BCUT2D eigenvalue weighted by atomic mass is 32.1. The van der Waals surface area contributed by atoms with E-state index in [2.05, 4.69) is 21.2 Å². The Labute approximate surface area is 192 Å². The number of hydrogen-bond donors (Lipinski definition) is 0. The third-order valence-corrected chi connectivity index (χ3v) is 6.27. The number of morpholine rings is 1. The molecule has 1 aliphatic rings. The van der Waals surface area contributed by atoms with E-state index in [0.717, 1.165) is 29.6 Å². The Morgan fingerprint density at radius 3 is 2.53 bits per heavy atom. The van der Waals surface area contributed by atoms with Crippen LogP contribution in [0.1, 0.15) is 39.3 Å². The number of ketones is 1. The number of aromatic nitrogens is 2. The summed E-state index contributed by atoms with van der Waals surface area (Å²) in [6.45, 7) is 5.06. The molecule has 0 aliphatic carbocycles. The van der Waals surface area contributed by atoms with E-state index in [9.17, 15) is 4.79 Å². The van der Waals surface area contributed by atoms with E-state index >= 15 is 0 Å². The average molecular weight is 450 g/mol. The standard InChI is InChI=1S/C24H27N5O2S/c1-17(19-10-7-11-20(16-19)21(30)18-8-5-4-6-9-18)22-25-23(27-32-22)26-24(28(2)3)29-12-14-31-15-13-29/h4-11,16-17H,12-15H2,1-3H3. The summed E-state index contributed by atoms with van der Waals surface area (Å²) < 4.78 is 9.93. The zero-order valence-corrected chi connectivity index (χ0v) is 19.4. The van der Waals surface area contributed by atoms with Gasteiger partial charge in [-0.2, -0.15) is 9.37 Å². The fourth-order valence-electron chi connectivity index (χ4n) is 3.60. The molecule has 0 N–H and O–H groups in total. The molecule has 2 heterocycles. The highest BCUT2D eigenvalue weighted by Gasteiger charge is 2.20. The lowest BCUT2D eigenvalue weighted by Gasteiger charge is -2.32. The van der Waals surface area contributed by atoms with Gasteiger partial charge >= 0.3 is 0 Å². The van der Waals surface area contributed by atoms with E-state index in [1.165, 1.54) is 11.5 Å². The molecule has 0 radical (unpaired) electrons. The Bertz CT molecular complexity index is 1090. The Morgan fingerprint density at radius 1 is 1.09 bits per heavy atom. The molecule has 32 heavy (non-hydrogen) atoms. The SMILES string of the molecule is CC(c1cccc(C(=O)c2ccccc2)c1)c1nc(N=C(N(C)C)N2CCOCC2)ns1. The molecule has 0 saturated carbocycles. The van der Waals surface area contributed by atoms with Crippen molar-refractivity contribution < 1.29 is 9.53 Å². The maximum absolute atomic E-state index is 12.8. The summed E-state index contributed by atoms with van der Waals surface area (Å²) in [5.74, 6) is 1.32. The predicted octanol–water partition coefficient (Wildman–Crippen LogP) is 3.80. The van der Waals surface area contributed by atoms with Gasteiger partial charge in [0.05, 0.1) is 13.2 Å². The van der Waals surface area contributed by atoms with Gasteiger partial charge < -0.3 is 14.5 Å². The normalized spacial score (nSPS) is 15.5. The molecule has 2 aromatic carbocycles. The van der Waals surface area contributed by atoms with Crippen molar-refractivity contribution in [2.24, 2.45) is 4.99 Å². The lowest BCUT2D eigenvalue weighted by Crippen LogP contribution is -2.46. The quantitative estimate of drug-likeness (QED) is 0.335. The lowest BCUT2D eigenvalue weighted by molar-refractivity contribution is 0.0638. The number of rotatable bonds is 5. The molecule has 1 fully saturated rings. The summed E-state index contributed by atoms with van der Waals surface area (Å²) in [6, 6.07) is 17.1. The molecule has 4 rings (SSSR count). The first-order valence-electron chi connectivity index (χ1n) is 10.6. The van der Waals surface area contributed by atoms with Gasteiger partial charge in [-0.3, -0.25) is 4.79 Å². The predicted molar refractivity (Wildman–Crippen MR) is 127 cm³/mol. The van der Waals surface area contributed by atoms with E-state index in [1.54, 1.807) is 0 Å². The topological polar surface area (TPSA) is 70.9 Å². The van der Waals surface area contributed by atoms with Gasteiger partial charge in [-0.1, -0.05) is 55.5 Å². The first kappa shape index (κ1) is 22.1. The average Bonchev–Trinajstić information content (AvgIpc) is 3.31. The fourth-order valence-corrected chi connectivity index (χ4v) is 4.28. The van der Waals surface area contributed by atoms with Crippen LogP contribution in [0.4, 0.5) is 5.95 Å². The molecule has 1 atom stereocenters. The Balaban J connectivity index is 1.55. The number of hydrogen-bond acceptors (Lipinski definition) is 6. The summed E-state index contributed by atoms with van der Waals surface area (Å²) in [7, 11) is 3.94. The van der Waals surface area contributed by atoms with Crippen LogP contribution in [-0.2, 0) is 4.74 Å². The highest BCUT2D eigenvalue weighted by Crippen LogP contribution is 2.28. The molecule has 0 amide bonds. The zero-order valence-electron chi connectivity index (χ0n) is 18.6. The minimum atomic E-state index is 0.00571. The van der Waals surface area contributed by atoms with Gasteiger partial charge in [-0.05, 0) is 23.2 Å². The van der Waals surface area contributed by atoms with Crippen LogP contribution in [0.2, 0.25) is 0 Å². The van der Waals surface area contributed by atoms with Crippen molar-refractivity contribution in [1.82, 2.24) is 19.2 Å².